The Labute approximate surface area is 195 Å². The van der Waals surface area contributed by atoms with Crippen molar-refractivity contribution in [3.63, 3.8) is 0 Å². The van der Waals surface area contributed by atoms with Crippen LogP contribution in [0, 0.1) is 12.7 Å². The molecule has 6 rings (SSSR count). The van der Waals surface area contributed by atoms with E-state index in [1.165, 1.54) is 24.2 Å². The maximum absolute atomic E-state index is 14.5. The van der Waals surface area contributed by atoms with E-state index >= 15 is 0 Å². The summed E-state index contributed by atoms with van der Waals surface area (Å²) in [5, 5.41) is 7.27. The Morgan fingerprint density at radius 1 is 1.21 bits per heavy atom. The molecule has 0 radical (unpaired) electrons. The van der Waals surface area contributed by atoms with E-state index in [1.54, 1.807) is 6.07 Å². The van der Waals surface area contributed by atoms with E-state index in [9.17, 15) is 4.39 Å². The fourth-order valence-corrected chi connectivity index (χ4v) is 5.30. The molecule has 0 amide bonds. The van der Waals surface area contributed by atoms with Gasteiger partial charge in [0.25, 0.3) is 0 Å². The fraction of sp³-hybridized carbons (Fsp3) is 0.478. The highest BCUT2D eigenvalue weighted by molar-refractivity contribution is 7.98. The summed E-state index contributed by atoms with van der Waals surface area (Å²) in [5.74, 6) is 2.01. The highest BCUT2D eigenvalue weighted by atomic mass is 32.2. The lowest BCUT2D eigenvalue weighted by atomic mass is 9.98. The molecule has 2 aromatic heterocycles. The van der Waals surface area contributed by atoms with Gasteiger partial charge in [-0.2, -0.15) is 4.98 Å². The summed E-state index contributed by atoms with van der Waals surface area (Å²) in [4.78, 5) is 16.4. The number of ether oxygens (including phenoxy) is 1. The third kappa shape index (κ3) is 3.80. The molecule has 3 fully saturated rings. The molecule has 1 aromatic carbocycles. The first kappa shape index (κ1) is 20.7. The molecule has 1 N–H and O–H groups in total. The van der Waals surface area contributed by atoms with Crippen LogP contribution in [-0.4, -0.2) is 44.6 Å². The zero-order chi connectivity index (χ0) is 22.5. The number of fused-ring (bicyclic) bond motifs is 2. The van der Waals surface area contributed by atoms with Gasteiger partial charge in [0.2, 0.25) is 5.88 Å². The van der Waals surface area contributed by atoms with Gasteiger partial charge in [0.15, 0.2) is 5.82 Å². The molecule has 3 aromatic rings. The Morgan fingerprint density at radius 3 is 2.88 bits per heavy atom. The molecule has 2 saturated heterocycles. The number of anilines is 3. The molecule has 1 saturated carbocycles. The molecular formula is C23H25FN6O2S. The zero-order valence-electron chi connectivity index (χ0n) is 18.5. The van der Waals surface area contributed by atoms with Gasteiger partial charge in [-0.05, 0) is 57.1 Å². The number of halogens is 1. The minimum Gasteiger partial charge on any atom is -0.472 e. The molecule has 2 aliphatic heterocycles. The van der Waals surface area contributed by atoms with Crippen molar-refractivity contribution in [2.24, 2.45) is 0 Å². The molecule has 2 bridgehead atoms. The minimum atomic E-state index is -0.323. The molecule has 2 unspecified atom stereocenters. The summed E-state index contributed by atoms with van der Waals surface area (Å²) in [6.45, 7) is 1.89. The van der Waals surface area contributed by atoms with Gasteiger partial charge in [0.05, 0.1) is 17.3 Å². The van der Waals surface area contributed by atoms with Crippen molar-refractivity contribution in [1.29, 1.82) is 0 Å². The second-order valence-corrected chi connectivity index (χ2v) is 9.81. The van der Waals surface area contributed by atoms with Crippen molar-refractivity contribution in [3.8, 4) is 5.88 Å². The Morgan fingerprint density at radius 2 is 2.09 bits per heavy atom. The normalized spacial score (nSPS) is 23.8. The fourth-order valence-electron chi connectivity index (χ4n) is 4.87. The lowest BCUT2D eigenvalue weighted by Gasteiger charge is -2.24. The van der Waals surface area contributed by atoms with Gasteiger partial charge >= 0.3 is 6.01 Å². The maximum atomic E-state index is 14.5. The SMILES string of the molecule is CSc1ccc(Nc2ncnc(O[C@H]3CC4CCC3N4c3nc(C4CC4)no3)c2C)c(F)c1. The van der Waals surface area contributed by atoms with E-state index in [-0.39, 0.29) is 18.0 Å². The highest BCUT2D eigenvalue weighted by Gasteiger charge is 2.50. The van der Waals surface area contributed by atoms with Crippen molar-refractivity contribution in [3.05, 3.63) is 41.7 Å². The average Bonchev–Trinajstić information content (AvgIpc) is 3.27. The molecule has 10 heteroatoms. The lowest BCUT2D eigenvalue weighted by Crippen LogP contribution is -2.35. The van der Waals surface area contributed by atoms with Crippen LogP contribution in [0.3, 0.4) is 0 Å². The van der Waals surface area contributed by atoms with E-state index in [2.05, 4.69) is 30.3 Å². The largest absolute Gasteiger partial charge is 0.472 e. The quantitative estimate of drug-likeness (QED) is 0.489. The van der Waals surface area contributed by atoms with E-state index in [1.807, 2.05) is 19.2 Å². The maximum Gasteiger partial charge on any atom is 0.324 e. The molecule has 8 nitrogen and oxygen atoms in total. The van der Waals surface area contributed by atoms with Gasteiger partial charge in [-0.25, -0.2) is 14.4 Å². The van der Waals surface area contributed by atoms with Crippen LogP contribution in [0.25, 0.3) is 0 Å². The second-order valence-electron chi connectivity index (χ2n) is 8.93. The lowest BCUT2D eigenvalue weighted by molar-refractivity contribution is 0.164. The summed E-state index contributed by atoms with van der Waals surface area (Å²) in [6.07, 6.45) is 8.61. The van der Waals surface area contributed by atoms with E-state index in [0.29, 0.717) is 35.4 Å². The van der Waals surface area contributed by atoms with Crippen LogP contribution < -0.4 is 15.0 Å². The highest BCUT2D eigenvalue weighted by Crippen LogP contribution is 2.44. The number of nitrogens with zero attached hydrogens (tertiary/aromatic N) is 5. The average molecular weight is 469 g/mol. The van der Waals surface area contributed by atoms with Crippen LogP contribution in [0.4, 0.5) is 21.9 Å². The topological polar surface area (TPSA) is 89.2 Å². The van der Waals surface area contributed by atoms with Gasteiger partial charge in [0.1, 0.15) is 24.1 Å². The second kappa shape index (κ2) is 8.16. The standard InChI is InChI=1S/C23H25FN6O2S/c1-12-20(27-17-7-6-15(33-2)10-16(17)24)25-11-26-22(12)31-19-9-14-5-8-18(19)30(14)23-28-21(29-32-23)13-3-4-13/h6-7,10-11,13-14,18-19H,3-5,8-9H2,1-2H3,(H,25,26,27)/t14?,18?,19-/m0/s1. The Balaban J connectivity index is 1.19. The van der Waals surface area contributed by atoms with Gasteiger partial charge in [-0.3, -0.25) is 0 Å². The zero-order valence-corrected chi connectivity index (χ0v) is 19.3. The van der Waals surface area contributed by atoms with Crippen LogP contribution in [0.5, 0.6) is 5.88 Å². The van der Waals surface area contributed by atoms with E-state index in [0.717, 1.165) is 48.4 Å². The van der Waals surface area contributed by atoms with Gasteiger partial charge in [-0.15, -0.1) is 11.8 Å². The Hall–Kier alpha value is -2.88. The van der Waals surface area contributed by atoms with E-state index < -0.39 is 0 Å². The number of hydrogen-bond acceptors (Lipinski definition) is 9. The molecule has 172 valence electrons. The number of aromatic nitrogens is 4. The summed E-state index contributed by atoms with van der Waals surface area (Å²) in [5.41, 5.74) is 1.11. The predicted octanol–water partition coefficient (Wildman–Crippen LogP) is 4.84. The third-order valence-electron chi connectivity index (χ3n) is 6.80. The number of rotatable bonds is 7. The van der Waals surface area contributed by atoms with Crippen molar-refractivity contribution in [2.45, 2.75) is 68.0 Å². The van der Waals surface area contributed by atoms with Crippen LogP contribution in [-0.2, 0) is 0 Å². The molecule has 4 heterocycles. The number of thioether (sulfide) groups is 1. The van der Waals surface area contributed by atoms with Gasteiger partial charge in [0, 0.05) is 23.3 Å². The first-order valence-electron chi connectivity index (χ1n) is 11.3. The van der Waals surface area contributed by atoms with Crippen LogP contribution in [0.1, 0.15) is 49.4 Å². The number of hydrogen-bond donors (Lipinski definition) is 1. The molecule has 3 atom stereocenters. The smallest absolute Gasteiger partial charge is 0.324 e. The molecule has 0 spiro atoms. The van der Waals surface area contributed by atoms with Crippen LogP contribution >= 0.6 is 11.8 Å². The summed E-state index contributed by atoms with van der Waals surface area (Å²) in [6, 6.07) is 6.22. The number of nitrogens with one attached hydrogen (secondary N) is 1. The molecule has 1 aliphatic carbocycles. The Bertz CT molecular complexity index is 1190. The Kier molecular flexibility index (Phi) is 5.12. The van der Waals surface area contributed by atoms with E-state index in [4.69, 9.17) is 9.26 Å². The van der Waals surface area contributed by atoms with Crippen molar-refractivity contribution in [1.82, 2.24) is 20.1 Å². The monoisotopic (exact) mass is 468 g/mol. The van der Waals surface area contributed by atoms with Gasteiger partial charge in [-0.1, -0.05) is 5.16 Å². The van der Waals surface area contributed by atoms with Crippen molar-refractivity contribution in [2.75, 3.05) is 16.5 Å². The molecule has 33 heavy (non-hydrogen) atoms. The van der Waals surface area contributed by atoms with Crippen LogP contribution in [0.15, 0.2) is 33.9 Å². The summed E-state index contributed by atoms with van der Waals surface area (Å²) >= 11 is 1.50. The van der Waals surface area contributed by atoms with Crippen molar-refractivity contribution >= 4 is 29.3 Å². The molecular weight excluding hydrogens is 443 g/mol. The predicted molar refractivity (Wildman–Crippen MR) is 123 cm³/mol. The minimum absolute atomic E-state index is 0.0286. The number of benzene rings is 1. The molecule has 3 aliphatic rings. The third-order valence-corrected chi connectivity index (χ3v) is 7.53. The van der Waals surface area contributed by atoms with Gasteiger partial charge < -0.3 is 19.5 Å². The van der Waals surface area contributed by atoms with Crippen LogP contribution in [0.2, 0.25) is 0 Å². The van der Waals surface area contributed by atoms with Crippen molar-refractivity contribution < 1.29 is 13.7 Å². The first-order chi connectivity index (χ1) is 16.1. The first-order valence-corrected chi connectivity index (χ1v) is 12.5. The summed E-state index contributed by atoms with van der Waals surface area (Å²) in [7, 11) is 0. The summed E-state index contributed by atoms with van der Waals surface area (Å²) < 4.78 is 26.5.